The van der Waals surface area contributed by atoms with E-state index in [0.717, 1.165) is 59.9 Å². The van der Waals surface area contributed by atoms with E-state index in [4.69, 9.17) is 0 Å². The molecule has 29 heavy (non-hydrogen) atoms. The van der Waals surface area contributed by atoms with Crippen LogP contribution in [0.5, 0.6) is 0 Å². The highest BCUT2D eigenvalue weighted by atomic mass is 32.1. The first-order valence-corrected chi connectivity index (χ1v) is 11.6. The molecule has 0 N–H and O–H groups in total. The third-order valence-electron chi connectivity index (χ3n) is 6.06. The lowest BCUT2D eigenvalue weighted by molar-refractivity contribution is -0.136. The third kappa shape index (κ3) is 4.53. The number of likely N-dealkylation sites (tertiary alicyclic amines) is 2. The minimum Gasteiger partial charge on any atom is -0.342 e. The van der Waals surface area contributed by atoms with Crippen molar-refractivity contribution in [1.29, 1.82) is 0 Å². The molecule has 0 saturated carbocycles. The number of piperidine rings is 1. The number of hydrogen-bond donors (Lipinski definition) is 0. The van der Waals surface area contributed by atoms with Gasteiger partial charge in [0, 0.05) is 37.7 Å². The SMILES string of the molecule is Cc1nc(-c2ccccc2)sc1C(=O)N1CCC(C(=O)N2CCCCCC2)CC1. The van der Waals surface area contributed by atoms with Crippen LogP contribution >= 0.6 is 11.3 Å². The molecule has 2 fully saturated rings. The van der Waals surface area contributed by atoms with Gasteiger partial charge in [-0.1, -0.05) is 43.2 Å². The number of carbonyl (C=O) groups excluding carboxylic acids is 2. The molecular formula is C23H29N3O2S. The van der Waals surface area contributed by atoms with Crippen molar-refractivity contribution in [3.8, 4) is 10.6 Å². The average molecular weight is 412 g/mol. The quantitative estimate of drug-likeness (QED) is 0.753. The number of carbonyl (C=O) groups is 2. The van der Waals surface area contributed by atoms with Gasteiger partial charge in [0.05, 0.1) is 5.69 Å². The summed E-state index contributed by atoms with van der Waals surface area (Å²) in [5, 5.41) is 0.887. The predicted octanol–water partition coefficient (Wildman–Crippen LogP) is 4.37. The summed E-state index contributed by atoms with van der Waals surface area (Å²) in [7, 11) is 0. The molecule has 6 heteroatoms. The molecule has 0 bridgehead atoms. The Morgan fingerprint density at radius 3 is 2.24 bits per heavy atom. The van der Waals surface area contributed by atoms with Crippen LogP contribution in [0, 0.1) is 12.8 Å². The molecule has 154 valence electrons. The summed E-state index contributed by atoms with van der Waals surface area (Å²) >= 11 is 1.47. The van der Waals surface area contributed by atoms with Crippen molar-refractivity contribution in [2.75, 3.05) is 26.2 Å². The van der Waals surface area contributed by atoms with E-state index >= 15 is 0 Å². The molecule has 2 saturated heterocycles. The summed E-state index contributed by atoms with van der Waals surface area (Å²) in [6.45, 7) is 5.02. The molecule has 0 spiro atoms. The Morgan fingerprint density at radius 2 is 1.59 bits per heavy atom. The van der Waals surface area contributed by atoms with Gasteiger partial charge in [-0.25, -0.2) is 4.98 Å². The van der Waals surface area contributed by atoms with E-state index in [9.17, 15) is 9.59 Å². The first kappa shape index (κ1) is 20.1. The minimum atomic E-state index is 0.0582. The van der Waals surface area contributed by atoms with Crippen molar-refractivity contribution in [2.45, 2.75) is 45.4 Å². The van der Waals surface area contributed by atoms with Gasteiger partial charge in [-0.3, -0.25) is 9.59 Å². The van der Waals surface area contributed by atoms with Crippen LogP contribution in [0.3, 0.4) is 0 Å². The molecule has 0 atom stereocenters. The number of aromatic nitrogens is 1. The van der Waals surface area contributed by atoms with Crippen LogP contribution in [0.1, 0.15) is 53.9 Å². The van der Waals surface area contributed by atoms with E-state index in [0.29, 0.717) is 19.0 Å². The first-order valence-electron chi connectivity index (χ1n) is 10.7. The molecule has 0 aliphatic carbocycles. The highest BCUT2D eigenvalue weighted by Gasteiger charge is 2.31. The molecular weight excluding hydrogens is 382 g/mol. The van der Waals surface area contributed by atoms with Gasteiger partial charge < -0.3 is 9.80 Å². The Balaban J connectivity index is 1.38. The number of aryl methyl sites for hydroxylation is 1. The normalized spacial score (nSPS) is 18.5. The van der Waals surface area contributed by atoms with Crippen LogP contribution < -0.4 is 0 Å². The van der Waals surface area contributed by atoms with Gasteiger partial charge in [0.15, 0.2) is 0 Å². The molecule has 5 nitrogen and oxygen atoms in total. The fourth-order valence-electron chi connectivity index (χ4n) is 4.32. The second kappa shape index (κ2) is 9.08. The Bertz CT molecular complexity index is 848. The van der Waals surface area contributed by atoms with E-state index in [1.165, 1.54) is 24.2 Å². The van der Waals surface area contributed by atoms with Gasteiger partial charge in [-0.15, -0.1) is 11.3 Å². The fraction of sp³-hybridized carbons (Fsp3) is 0.522. The topological polar surface area (TPSA) is 53.5 Å². The van der Waals surface area contributed by atoms with Gasteiger partial charge >= 0.3 is 0 Å². The van der Waals surface area contributed by atoms with E-state index in [-0.39, 0.29) is 11.8 Å². The molecule has 1 aromatic carbocycles. The number of rotatable bonds is 3. The third-order valence-corrected chi connectivity index (χ3v) is 7.26. The highest BCUT2D eigenvalue weighted by Crippen LogP contribution is 2.30. The van der Waals surface area contributed by atoms with Crippen LogP contribution in [0.15, 0.2) is 30.3 Å². The predicted molar refractivity (Wildman–Crippen MR) is 116 cm³/mol. The Morgan fingerprint density at radius 1 is 0.931 bits per heavy atom. The number of thiazole rings is 1. The summed E-state index contributed by atoms with van der Waals surface area (Å²) in [4.78, 5) is 35.3. The number of nitrogens with zero attached hydrogens (tertiary/aromatic N) is 3. The fourth-order valence-corrected chi connectivity index (χ4v) is 5.36. The van der Waals surface area contributed by atoms with Crippen molar-refractivity contribution >= 4 is 23.2 Å². The van der Waals surface area contributed by atoms with Crippen LogP contribution in [0.4, 0.5) is 0 Å². The largest absolute Gasteiger partial charge is 0.342 e. The average Bonchev–Trinajstić information content (AvgIpc) is 2.97. The van der Waals surface area contributed by atoms with Crippen LogP contribution in [0.2, 0.25) is 0 Å². The zero-order valence-electron chi connectivity index (χ0n) is 17.1. The standard InChI is InChI=1S/C23H29N3O2S/c1-17-20(29-21(24-17)18-9-5-4-6-10-18)23(28)26-15-11-19(12-16-26)22(27)25-13-7-2-3-8-14-25/h4-6,9-10,19H,2-3,7-8,11-16H2,1H3. The second-order valence-corrected chi connectivity index (χ2v) is 9.10. The lowest BCUT2D eigenvalue weighted by atomic mass is 9.95. The first-order chi connectivity index (χ1) is 14.1. The van der Waals surface area contributed by atoms with Gasteiger partial charge in [-0.05, 0) is 32.6 Å². The van der Waals surface area contributed by atoms with Crippen molar-refractivity contribution in [3.05, 3.63) is 40.9 Å². The molecule has 1 aromatic heterocycles. The molecule has 2 aliphatic heterocycles. The lowest BCUT2D eigenvalue weighted by Crippen LogP contribution is -2.44. The zero-order valence-corrected chi connectivity index (χ0v) is 17.9. The summed E-state index contributed by atoms with van der Waals surface area (Å²) in [6, 6.07) is 9.99. The molecule has 0 radical (unpaired) electrons. The van der Waals surface area contributed by atoms with Gasteiger partial charge in [0.1, 0.15) is 9.88 Å². The Hall–Kier alpha value is -2.21. The number of hydrogen-bond acceptors (Lipinski definition) is 4. The van der Waals surface area contributed by atoms with Crippen molar-refractivity contribution < 1.29 is 9.59 Å². The molecule has 0 unspecified atom stereocenters. The van der Waals surface area contributed by atoms with Crippen LogP contribution in [0.25, 0.3) is 10.6 Å². The zero-order chi connectivity index (χ0) is 20.2. The summed E-state index contributed by atoms with van der Waals surface area (Å²) in [6.07, 6.45) is 6.25. The summed E-state index contributed by atoms with van der Waals surface area (Å²) in [5.41, 5.74) is 1.84. The maximum Gasteiger partial charge on any atom is 0.265 e. The minimum absolute atomic E-state index is 0.0582. The Kier molecular flexibility index (Phi) is 6.28. The second-order valence-electron chi connectivity index (χ2n) is 8.11. The molecule has 2 aromatic rings. The lowest BCUT2D eigenvalue weighted by Gasteiger charge is -2.34. The monoisotopic (exact) mass is 411 g/mol. The number of amides is 2. The van der Waals surface area contributed by atoms with Crippen molar-refractivity contribution in [3.63, 3.8) is 0 Å². The molecule has 4 rings (SSSR count). The van der Waals surface area contributed by atoms with E-state index < -0.39 is 0 Å². The summed E-state index contributed by atoms with van der Waals surface area (Å²) in [5.74, 6) is 0.432. The van der Waals surface area contributed by atoms with Gasteiger partial charge in [0.2, 0.25) is 5.91 Å². The maximum atomic E-state index is 13.1. The van der Waals surface area contributed by atoms with E-state index in [1.54, 1.807) is 0 Å². The number of benzene rings is 1. The maximum absolute atomic E-state index is 13.1. The van der Waals surface area contributed by atoms with E-state index in [2.05, 4.69) is 9.88 Å². The highest BCUT2D eigenvalue weighted by molar-refractivity contribution is 7.17. The summed E-state index contributed by atoms with van der Waals surface area (Å²) < 4.78 is 0. The molecule has 3 heterocycles. The van der Waals surface area contributed by atoms with Crippen LogP contribution in [-0.2, 0) is 4.79 Å². The smallest absolute Gasteiger partial charge is 0.265 e. The van der Waals surface area contributed by atoms with Gasteiger partial charge in [-0.2, -0.15) is 0 Å². The van der Waals surface area contributed by atoms with Crippen molar-refractivity contribution in [2.24, 2.45) is 5.92 Å². The molecule has 2 aliphatic rings. The van der Waals surface area contributed by atoms with Crippen molar-refractivity contribution in [1.82, 2.24) is 14.8 Å². The van der Waals surface area contributed by atoms with Crippen LogP contribution in [-0.4, -0.2) is 52.8 Å². The van der Waals surface area contributed by atoms with Gasteiger partial charge in [0.25, 0.3) is 5.91 Å². The molecule has 2 amide bonds. The Labute approximate surface area is 176 Å². The van der Waals surface area contributed by atoms with E-state index in [1.807, 2.05) is 42.2 Å².